The molecule has 0 aliphatic carbocycles. The molecule has 7 nitrogen and oxygen atoms in total. The number of amides is 1. The van der Waals surface area contributed by atoms with Crippen molar-refractivity contribution in [2.24, 2.45) is 0 Å². The van der Waals surface area contributed by atoms with E-state index >= 15 is 0 Å². The number of fused-ring (bicyclic) bond motifs is 1. The number of carbonyl (C=O) groups excluding carboxylic acids is 1. The molecule has 4 atom stereocenters. The number of nitrogens with one attached hydrogen (secondary N) is 1. The van der Waals surface area contributed by atoms with Crippen LogP contribution in [0, 0.1) is 0 Å². The summed E-state index contributed by atoms with van der Waals surface area (Å²) in [4.78, 5) is 12.4. The summed E-state index contributed by atoms with van der Waals surface area (Å²) >= 11 is 0. The first-order valence-corrected chi connectivity index (χ1v) is 14.0. The number of rotatable bonds is 17. The van der Waals surface area contributed by atoms with E-state index in [0.717, 1.165) is 18.4 Å². The first kappa shape index (κ1) is 29.1. The van der Waals surface area contributed by atoms with Crippen LogP contribution in [-0.2, 0) is 30.2 Å². The zero-order valence-corrected chi connectivity index (χ0v) is 22.5. The van der Waals surface area contributed by atoms with Gasteiger partial charge in [0.05, 0.1) is 6.42 Å². The quantitative estimate of drug-likeness (QED) is 0.293. The number of aliphatic hydroxyl groups is 1. The second-order valence-corrected chi connectivity index (χ2v) is 10.7. The van der Waals surface area contributed by atoms with Gasteiger partial charge in [0.1, 0.15) is 24.9 Å². The molecule has 2 aliphatic rings. The third-order valence-electron chi connectivity index (χ3n) is 6.96. The minimum absolute atomic E-state index is 0.123. The van der Waals surface area contributed by atoms with Gasteiger partial charge in [0.25, 0.3) is 0 Å². The lowest BCUT2D eigenvalue weighted by molar-refractivity contribution is -0.277. The van der Waals surface area contributed by atoms with Crippen LogP contribution in [0.15, 0.2) is 30.3 Å². The molecule has 2 N–H and O–H groups in total. The molecule has 204 valence electrons. The van der Waals surface area contributed by atoms with Gasteiger partial charge in [0.15, 0.2) is 5.79 Å². The third kappa shape index (κ3) is 8.80. The van der Waals surface area contributed by atoms with Crippen LogP contribution >= 0.6 is 0 Å². The molecular weight excluding hydrogens is 458 g/mol. The maximum absolute atomic E-state index is 12.4. The fraction of sp³-hybridized carbons (Fsp3) is 0.759. The van der Waals surface area contributed by atoms with Gasteiger partial charge in [-0.2, -0.15) is 0 Å². The van der Waals surface area contributed by atoms with Crippen molar-refractivity contribution in [1.82, 2.24) is 5.32 Å². The SMILES string of the molecule is CCCCCCCCCCCCOC[C@@]12O[C@@H](CNC(=O)Cc3ccccc3)[C@@H](O)[C@@H]1OC(C)(C)O2. The van der Waals surface area contributed by atoms with E-state index in [4.69, 9.17) is 18.9 Å². The van der Waals surface area contributed by atoms with Gasteiger partial charge in [-0.1, -0.05) is 95.0 Å². The molecule has 0 spiro atoms. The summed E-state index contributed by atoms with van der Waals surface area (Å²) in [6.07, 6.45) is 10.8. The Morgan fingerprint density at radius 3 is 2.28 bits per heavy atom. The van der Waals surface area contributed by atoms with Crippen LogP contribution in [0.1, 0.15) is 90.5 Å². The Hall–Kier alpha value is -1.51. The van der Waals surface area contributed by atoms with Crippen LogP contribution in [0.25, 0.3) is 0 Å². The van der Waals surface area contributed by atoms with Crippen molar-refractivity contribution in [3.05, 3.63) is 35.9 Å². The smallest absolute Gasteiger partial charge is 0.224 e. The van der Waals surface area contributed by atoms with Crippen molar-refractivity contribution in [3.8, 4) is 0 Å². The summed E-state index contributed by atoms with van der Waals surface area (Å²) in [7, 11) is 0. The second-order valence-electron chi connectivity index (χ2n) is 10.7. The summed E-state index contributed by atoms with van der Waals surface area (Å²) in [5.41, 5.74) is 0.935. The molecule has 0 aromatic heterocycles. The molecule has 2 heterocycles. The lowest BCUT2D eigenvalue weighted by atomic mass is 10.1. The fourth-order valence-corrected chi connectivity index (χ4v) is 5.11. The lowest BCUT2D eigenvalue weighted by Crippen LogP contribution is -2.45. The number of unbranched alkanes of at least 4 members (excludes halogenated alkanes) is 9. The molecule has 36 heavy (non-hydrogen) atoms. The highest BCUT2D eigenvalue weighted by atomic mass is 16.9. The molecule has 0 saturated carbocycles. The van der Waals surface area contributed by atoms with E-state index in [2.05, 4.69) is 12.2 Å². The Bertz CT molecular complexity index is 772. The van der Waals surface area contributed by atoms with Gasteiger partial charge in [-0.05, 0) is 25.8 Å². The zero-order chi connectivity index (χ0) is 25.9. The van der Waals surface area contributed by atoms with Gasteiger partial charge in [-0.15, -0.1) is 0 Å². The van der Waals surface area contributed by atoms with Crippen LogP contribution in [-0.4, -0.2) is 60.7 Å². The van der Waals surface area contributed by atoms with Crippen LogP contribution in [0.4, 0.5) is 0 Å². The standard InChI is InChI=1S/C29H47NO6/c1-4-5-6-7-8-9-10-11-12-16-19-33-22-29-27(35-28(2,3)36-29)26(32)24(34-29)21-30-25(31)20-23-17-14-13-15-18-23/h13-15,17-18,24,26-27,32H,4-12,16,19-22H2,1-3H3,(H,30,31)/t24-,26+,27-,29-/m0/s1. The summed E-state index contributed by atoms with van der Waals surface area (Å²) in [6.45, 7) is 6.85. The number of hydrogen-bond acceptors (Lipinski definition) is 6. The largest absolute Gasteiger partial charge is 0.387 e. The molecule has 1 amide bonds. The first-order chi connectivity index (χ1) is 17.4. The Morgan fingerprint density at radius 2 is 1.61 bits per heavy atom. The van der Waals surface area contributed by atoms with E-state index in [1.807, 2.05) is 44.2 Å². The molecule has 0 bridgehead atoms. The molecular formula is C29H47NO6. The first-order valence-electron chi connectivity index (χ1n) is 14.0. The van der Waals surface area contributed by atoms with Crippen molar-refractivity contribution in [2.45, 2.75) is 121 Å². The van der Waals surface area contributed by atoms with Crippen molar-refractivity contribution in [3.63, 3.8) is 0 Å². The van der Waals surface area contributed by atoms with Gasteiger partial charge in [0, 0.05) is 13.2 Å². The number of aliphatic hydroxyl groups excluding tert-OH is 1. The second kappa shape index (κ2) is 14.4. The molecule has 2 saturated heterocycles. The zero-order valence-electron chi connectivity index (χ0n) is 22.5. The van der Waals surface area contributed by atoms with E-state index in [9.17, 15) is 9.90 Å². The van der Waals surface area contributed by atoms with Crippen LogP contribution in [0.2, 0.25) is 0 Å². The Kier molecular flexibility index (Phi) is 11.6. The molecule has 2 aliphatic heterocycles. The number of ether oxygens (including phenoxy) is 4. The van der Waals surface area contributed by atoms with Crippen LogP contribution in [0.3, 0.4) is 0 Å². The topological polar surface area (TPSA) is 86.3 Å². The predicted molar refractivity (Wildman–Crippen MR) is 139 cm³/mol. The highest BCUT2D eigenvalue weighted by Crippen LogP contribution is 2.45. The van der Waals surface area contributed by atoms with Crippen LogP contribution in [0.5, 0.6) is 0 Å². The van der Waals surface area contributed by atoms with Gasteiger partial charge >= 0.3 is 0 Å². The van der Waals surface area contributed by atoms with E-state index in [0.29, 0.717) is 6.61 Å². The molecule has 0 unspecified atom stereocenters. The van der Waals surface area contributed by atoms with Crippen molar-refractivity contribution in [1.29, 1.82) is 0 Å². The van der Waals surface area contributed by atoms with E-state index in [1.54, 1.807) is 0 Å². The summed E-state index contributed by atoms with van der Waals surface area (Å²) in [5, 5.41) is 13.8. The Labute approximate surface area is 217 Å². The average molecular weight is 506 g/mol. The minimum Gasteiger partial charge on any atom is -0.387 e. The Morgan fingerprint density at radius 1 is 0.972 bits per heavy atom. The Balaban J connectivity index is 1.37. The predicted octanol–water partition coefficient (Wildman–Crippen LogP) is 4.89. The summed E-state index contributed by atoms with van der Waals surface area (Å²) in [6, 6.07) is 9.56. The number of carbonyl (C=O) groups is 1. The van der Waals surface area contributed by atoms with Crippen molar-refractivity contribution in [2.75, 3.05) is 19.8 Å². The molecule has 3 rings (SSSR count). The van der Waals surface area contributed by atoms with E-state index < -0.39 is 29.9 Å². The van der Waals surface area contributed by atoms with Crippen molar-refractivity contribution >= 4 is 5.91 Å². The molecule has 2 fully saturated rings. The highest BCUT2D eigenvalue weighted by Gasteiger charge is 2.64. The average Bonchev–Trinajstić information content (AvgIpc) is 3.25. The maximum atomic E-state index is 12.4. The monoisotopic (exact) mass is 505 g/mol. The molecule has 1 aromatic carbocycles. The molecule has 0 radical (unpaired) electrons. The van der Waals surface area contributed by atoms with E-state index in [-0.39, 0.29) is 25.5 Å². The lowest BCUT2D eigenvalue weighted by Gasteiger charge is -2.28. The number of hydrogen-bond donors (Lipinski definition) is 2. The van der Waals surface area contributed by atoms with Gasteiger partial charge < -0.3 is 29.4 Å². The maximum Gasteiger partial charge on any atom is 0.224 e. The third-order valence-corrected chi connectivity index (χ3v) is 6.96. The molecule has 7 heteroatoms. The highest BCUT2D eigenvalue weighted by molar-refractivity contribution is 5.78. The van der Waals surface area contributed by atoms with Crippen LogP contribution < -0.4 is 5.32 Å². The summed E-state index contributed by atoms with van der Waals surface area (Å²) in [5.74, 6) is -2.17. The normalized spacial score (nSPS) is 26.7. The number of benzene rings is 1. The van der Waals surface area contributed by atoms with Gasteiger partial charge in [-0.3, -0.25) is 4.79 Å². The van der Waals surface area contributed by atoms with Gasteiger partial charge in [-0.25, -0.2) is 0 Å². The van der Waals surface area contributed by atoms with Crippen molar-refractivity contribution < 1.29 is 28.8 Å². The summed E-state index contributed by atoms with van der Waals surface area (Å²) < 4.78 is 24.3. The van der Waals surface area contributed by atoms with Gasteiger partial charge in [0.2, 0.25) is 11.7 Å². The molecule has 1 aromatic rings. The minimum atomic E-state index is -1.17. The fourth-order valence-electron chi connectivity index (χ4n) is 5.11. The van der Waals surface area contributed by atoms with E-state index in [1.165, 1.54) is 51.4 Å².